The molecule has 2 aliphatic heterocycles. The molecule has 8 heteroatoms. The quantitative estimate of drug-likeness (QED) is 0.396. The van der Waals surface area contributed by atoms with Gasteiger partial charge in [-0.25, -0.2) is 28.3 Å². The minimum Gasteiger partial charge on any atom is -0.467 e. The molecule has 0 saturated carbocycles. The topological polar surface area (TPSA) is 75.2 Å². The summed E-state index contributed by atoms with van der Waals surface area (Å²) in [4.78, 5) is 39.6. The van der Waals surface area contributed by atoms with Crippen LogP contribution in [0.5, 0.6) is 0 Å². The Morgan fingerprint density at radius 1 is 0.966 bits per heavy atom. The highest BCUT2D eigenvalue weighted by atomic mass is 79.9. The fourth-order valence-corrected chi connectivity index (χ4v) is 5.21. The van der Waals surface area contributed by atoms with Gasteiger partial charge in [-0.1, -0.05) is 70.6 Å². The summed E-state index contributed by atoms with van der Waals surface area (Å²) in [6, 6.07) is 7.56. The molecule has 2 atom stereocenters. The van der Waals surface area contributed by atoms with Crippen LogP contribution in [-0.2, 0) is 9.53 Å². The van der Waals surface area contributed by atoms with Crippen molar-refractivity contribution in [2.75, 3.05) is 7.11 Å². The first-order valence-corrected chi connectivity index (χ1v) is 9.86. The third-order valence-electron chi connectivity index (χ3n) is 5.59. The average Bonchev–Trinajstić information content (AvgIpc) is 2.86. The van der Waals surface area contributed by atoms with E-state index in [-0.39, 0.29) is 0 Å². The molecule has 0 saturated heterocycles. The summed E-state index contributed by atoms with van der Waals surface area (Å²) >= 11 is 3.61. The maximum atomic E-state index is 13.4. The molecule has 0 fully saturated rings. The number of halogens is 1. The number of methoxy groups -OCH3 is 1. The highest BCUT2D eigenvalue weighted by Crippen LogP contribution is 2.51. The SMILES string of the molecule is COC(=O)C1(Br)C2=CC=CC=C1C1C=CC2n2c(=O)n(-c3ccccc3)c(=O)n21. The molecule has 2 unspecified atom stereocenters. The summed E-state index contributed by atoms with van der Waals surface area (Å²) in [5, 5.41) is 0. The van der Waals surface area contributed by atoms with E-state index in [0.29, 0.717) is 16.8 Å². The van der Waals surface area contributed by atoms with Crippen molar-refractivity contribution >= 4 is 21.9 Å². The Labute approximate surface area is 173 Å². The number of benzene rings is 1. The highest BCUT2D eigenvalue weighted by molar-refractivity contribution is 9.10. The molecule has 4 bridgehead atoms. The lowest BCUT2D eigenvalue weighted by atomic mass is 9.86. The van der Waals surface area contributed by atoms with Crippen LogP contribution < -0.4 is 11.4 Å². The van der Waals surface area contributed by atoms with Crippen LogP contribution in [0.4, 0.5) is 0 Å². The Bertz CT molecular complexity index is 1210. The lowest BCUT2D eigenvalue weighted by molar-refractivity contribution is -0.141. The van der Waals surface area contributed by atoms with Crippen LogP contribution in [0.25, 0.3) is 5.69 Å². The molecule has 0 spiro atoms. The molecule has 2 aliphatic carbocycles. The molecule has 6 rings (SSSR count). The normalized spacial score (nSPS) is 26.3. The van der Waals surface area contributed by atoms with Crippen molar-refractivity contribution in [2.24, 2.45) is 0 Å². The maximum absolute atomic E-state index is 13.4. The van der Waals surface area contributed by atoms with Crippen molar-refractivity contribution in [3.63, 3.8) is 0 Å². The van der Waals surface area contributed by atoms with E-state index in [1.54, 1.807) is 36.4 Å². The molecule has 0 N–H and O–H groups in total. The van der Waals surface area contributed by atoms with Gasteiger partial charge >= 0.3 is 17.3 Å². The van der Waals surface area contributed by atoms with Crippen molar-refractivity contribution in [1.82, 2.24) is 13.9 Å². The van der Waals surface area contributed by atoms with Crippen LogP contribution in [0.15, 0.2) is 87.5 Å². The van der Waals surface area contributed by atoms with Crippen LogP contribution >= 0.6 is 15.9 Å². The Hall–Kier alpha value is -3.13. The predicted molar refractivity (Wildman–Crippen MR) is 110 cm³/mol. The van der Waals surface area contributed by atoms with E-state index in [2.05, 4.69) is 15.9 Å². The highest BCUT2D eigenvalue weighted by Gasteiger charge is 2.54. The summed E-state index contributed by atoms with van der Waals surface area (Å²) in [7, 11) is 1.32. The summed E-state index contributed by atoms with van der Waals surface area (Å²) in [6.07, 6.45) is 10.9. The van der Waals surface area contributed by atoms with E-state index in [1.807, 2.05) is 30.4 Å². The standard InChI is InChI=1S/C21H16BrN3O4/c1-29-18(26)21(22)14-9-5-6-10-15(21)17-12-11-16(14)24-19(27)23(20(28)25(17)24)13-7-3-2-4-8-13/h2-12,16-17H,1H3. The number of hydrogen-bond donors (Lipinski definition) is 0. The van der Waals surface area contributed by atoms with Gasteiger partial charge in [-0.3, -0.25) is 0 Å². The number of carbonyl (C=O) groups is 1. The minimum absolute atomic E-state index is 0.461. The predicted octanol–water partition coefficient (Wildman–Crippen LogP) is 2.20. The van der Waals surface area contributed by atoms with Crippen LogP contribution in [0.2, 0.25) is 0 Å². The zero-order valence-electron chi connectivity index (χ0n) is 15.4. The zero-order chi connectivity index (χ0) is 20.3. The summed E-state index contributed by atoms with van der Waals surface area (Å²) in [5.74, 6) is -0.500. The van der Waals surface area contributed by atoms with Gasteiger partial charge in [-0.05, 0) is 23.3 Å². The van der Waals surface area contributed by atoms with Crippen molar-refractivity contribution in [3.05, 3.63) is 98.9 Å². The molecule has 2 aromatic rings. The van der Waals surface area contributed by atoms with Gasteiger partial charge in [-0.2, -0.15) is 0 Å². The number of nitrogens with zero attached hydrogens (tertiary/aromatic N) is 3. The van der Waals surface area contributed by atoms with Crippen LogP contribution in [0.1, 0.15) is 12.1 Å². The van der Waals surface area contributed by atoms with E-state index < -0.39 is 33.8 Å². The first-order chi connectivity index (χ1) is 14.0. The van der Waals surface area contributed by atoms with Crippen molar-refractivity contribution in [2.45, 2.75) is 16.4 Å². The van der Waals surface area contributed by atoms with Crippen LogP contribution in [0, 0.1) is 0 Å². The van der Waals surface area contributed by atoms with Gasteiger partial charge in [0, 0.05) is 0 Å². The number of hydrogen-bond acceptors (Lipinski definition) is 4. The van der Waals surface area contributed by atoms with E-state index in [9.17, 15) is 14.4 Å². The number of rotatable bonds is 2. The third kappa shape index (κ3) is 2.20. The monoisotopic (exact) mass is 453 g/mol. The molecule has 0 amide bonds. The smallest absolute Gasteiger partial charge is 0.352 e. The van der Waals surface area contributed by atoms with E-state index in [4.69, 9.17) is 4.74 Å². The summed E-state index contributed by atoms with van der Waals surface area (Å²) in [5.41, 5.74) is 0.800. The minimum atomic E-state index is -1.27. The summed E-state index contributed by atoms with van der Waals surface area (Å²) in [6.45, 7) is 0. The third-order valence-corrected chi connectivity index (χ3v) is 6.83. The van der Waals surface area contributed by atoms with Gasteiger partial charge in [0.15, 0.2) is 4.32 Å². The number of carbonyl (C=O) groups excluding carboxylic acids is 1. The van der Waals surface area contributed by atoms with Gasteiger partial charge < -0.3 is 4.74 Å². The average molecular weight is 454 g/mol. The molecule has 4 aliphatic rings. The summed E-state index contributed by atoms with van der Waals surface area (Å²) < 4.78 is 7.82. The Kier molecular flexibility index (Phi) is 3.82. The molecule has 7 nitrogen and oxygen atoms in total. The van der Waals surface area contributed by atoms with Crippen LogP contribution in [-0.4, -0.2) is 31.3 Å². The van der Waals surface area contributed by atoms with Gasteiger partial charge in [0.2, 0.25) is 0 Å². The molecular formula is C21H16BrN3O4. The van der Waals surface area contributed by atoms with E-state index >= 15 is 0 Å². The number of alkyl halides is 1. The zero-order valence-corrected chi connectivity index (χ0v) is 16.9. The number of ether oxygens (including phenoxy) is 1. The second-order valence-corrected chi connectivity index (χ2v) is 8.17. The van der Waals surface area contributed by atoms with E-state index in [1.165, 1.54) is 16.5 Å². The second-order valence-electron chi connectivity index (χ2n) is 6.98. The Morgan fingerprint density at radius 3 is 1.97 bits per heavy atom. The second kappa shape index (κ2) is 6.18. The first kappa shape index (κ1) is 17.9. The lowest BCUT2D eigenvalue weighted by Crippen LogP contribution is -2.40. The number of aromatic nitrogens is 3. The fourth-order valence-electron chi connectivity index (χ4n) is 4.32. The van der Waals surface area contributed by atoms with Gasteiger partial charge in [0.25, 0.3) is 0 Å². The molecule has 1 aromatic carbocycles. The molecule has 29 heavy (non-hydrogen) atoms. The van der Waals surface area contributed by atoms with Gasteiger partial charge in [0.1, 0.15) is 0 Å². The molecule has 0 radical (unpaired) electrons. The van der Waals surface area contributed by atoms with Crippen LogP contribution in [0.3, 0.4) is 0 Å². The van der Waals surface area contributed by atoms with Gasteiger partial charge in [-0.15, -0.1) is 0 Å². The van der Waals surface area contributed by atoms with Gasteiger partial charge in [0.05, 0.1) is 24.9 Å². The first-order valence-electron chi connectivity index (χ1n) is 9.06. The van der Waals surface area contributed by atoms with Crippen molar-refractivity contribution in [1.29, 1.82) is 0 Å². The molecular weight excluding hydrogens is 438 g/mol. The van der Waals surface area contributed by atoms with E-state index in [0.717, 1.165) is 4.57 Å². The van der Waals surface area contributed by atoms with Crippen molar-refractivity contribution in [3.8, 4) is 5.69 Å². The molecule has 1 aromatic heterocycles. The number of para-hydroxylation sites is 1. The fraction of sp³-hybridized carbons (Fsp3) is 0.190. The lowest BCUT2D eigenvalue weighted by Gasteiger charge is -2.29. The molecule has 146 valence electrons. The van der Waals surface area contributed by atoms with Crippen molar-refractivity contribution < 1.29 is 9.53 Å². The molecule has 3 heterocycles. The number of allylic oxidation sites excluding steroid dienone is 6. The Morgan fingerprint density at radius 2 is 1.48 bits per heavy atom. The Balaban J connectivity index is 1.85. The maximum Gasteiger partial charge on any atom is 0.352 e. The largest absolute Gasteiger partial charge is 0.467 e. The number of esters is 1.